The molecule has 0 aliphatic rings. The van der Waals surface area contributed by atoms with Crippen LogP contribution in [0.2, 0.25) is 0 Å². The molecule has 9 nitrogen and oxygen atoms in total. The van der Waals surface area contributed by atoms with Gasteiger partial charge < -0.3 is 15.2 Å². The first kappa shape index (κ1) is 18.8. The van der Waals surface area contributed by atoms with Crippen LogP contribution in [0.4, 0.5) is 11.4 Å². The predicted molar refractivity (Wildman–Crippen MR) is 96.7 cm³/mol. The highest BCUT2D eigenvalue weighted by atomic mass is 32.1. The van der Waals surface area contributed by atoms with E-state index in [0.29, 0.717) is 5.75 Å². The van der Waals surface area contributed by atoms with E-state index in [2.05, 4.69) is 10.6 Å². The summed E-state index contributed by atoms with van der Waals surface area (Å²) >= 11 is 5.02. The van der Waals surface area contributed by atoms with Gasteiger partial charge >= 0.3 is 5.97 Å². The number of carboxylic acid groups (broad SMARTS) is 1. The van der Waals surface area contributed by atoms with Crippen LogP contribution >= 0.6 is 12.2 Å². The van der Waals surface area contributed by atoms with Gasteiger partial charge in [-0.15, -0.1) is 0 Å². The van der Waals surface area contributed by atoms with Crippen LogP contribution in [0.3, 0.4) is 0 Å². The molecule has 2 rings (SSSR count). The number of nitrogens with zero attached hydrogens (tertiary/aromatic N) is 1. The minimum atomic E-state index is -1.15. The Labute approximate surface area is 152 Å². The van der Waals surface area contributed by atoms with Gasteiger partial charge in [-0.1, -0.05) is 12.1 Å². The van der Waals surface area contributed by atoms with Crippen molar-refractivity contribution in [2.24, 2.45) is 0 Å². The smallest absolute Gasteiger partial charge is 0.335 e. The summed E-state index contributed by atoms with van der Waals surface area (Å²) in [6, 6.07) is 9.47. The maximum atomic E-state index is 12.2. The number of hydrogen-bond donors (Lipinski definition) is 3. The van der Waals surface area contributed by atoms with Crippen molar-refractivity contribution in [1.82, 2.24) is 5.32 Å². The van der Waals surface area contributed by atoms with E-state index < -0.39 is 16.8 Å². The van der Waals surface area contributed by atoms with E-state index in [1.807, 2.05) is 0 Å². The number of aromatic carboxylic acids is 1. The van der Waals surface area contributed by atoms with E-state index in [9.17, 15) is 19.7 Å². The quantitative estimate of drug-likeness (QED) is 0.412. The van der Waals surface area contributed by atoms with Crippen molar-refractivity contribution in [2.45, 2.75) is 0 Å². The lowest BCUT2D eigenvalue weighted by molar-refractivity contribution is -0.385. The van der Waals surface area contributed by atoms with Crippen LogP contribution in [0, 0.1) is 10.1 Å². The summed E-state index contributed by atoms with van der Waals surface area (Å²) in [5, 5.41) is 24.8. The first-order valence-corrected chi connectivity index (χ1v) is 7.51. The lowest BCUT2D eigenvalue weighted by atomic mass is 10.1. The molecule has 0 aliphatic carbocycles. The highest BCUT2D eigenvalue weighted by Crippen LogP contribution is 2.25. The molecule has 0 saturated heterocycles. The Morgan fingerprint density at radius 2 is 1.92 bits per heavy atom. The first-order chi connectivity index (χ1) is 12.3. The van der Waals surface area contributed by atoms with Crippen LogP contribution in [-0.2, 0) is 0 Å². The maximum absolute atomic E-state index is 12.2. The number of amides is 1. The third kappa shape index (κ3) is 4.30. The summed E-state index contributed by atoms with van der Waals surface area (Å²) in [4.78, 5) is 33.6. The Hall–Kier alpha value is -3.53. The average molecular weight is 375 g/mol. The number of ether oxygens (including phenoxy) is 1. The molecule has 0 atom stereocenters. The Morgan fingerprint density at radius 1 is 1.23 bits per heavy atom. The lowest BCUT2D eigenvalue weighted by Gasteiger charge is -2.13. The molecule has 134 valence electrons. The van der Waals surface area contributed by atoms with Gasteiger partial charge in [0, 0.05) is 6.07 Å². The van der Waals surface area contributed by atoms with Crippen LogP contribution < -0.4 is 15.4 Å². The van der Waals surface area contributed by atoms with Gasteiger partial charge in [0.05, 0.1) is 23.3 Å². The first-order valence-electron chi connectivity index (χ1n) is 7.10. The summed E-state index contributed by atoms with van der Waals surface area (Å²) in [7, 11) is 1.38. The van der Waals surface area contributed by atoms with E-state index in [1.54, 1.807) is 0 Å². The molecule has 0 unspecified atom stereocenters. The number of nitrogens with one attached hydrogen (secondary N) is 2. The Balaban J connectivity index is 2.19. The third-order valence-electron chi connectivity index (χ3n) is 3.27. The van der Waals surface area contributed by atoms with Crippen LogP contribution in [0.25, 0.3) is 0 Å². The highest BCUT2D eigenvalue weighted by molar-refractivity contribution is 7.80. The zero-order valence-corrected chi connectivity index (χ0v) is 14.2. The number of rotatable bonds is 5. The van der Waals surface area contributed by atoms with Gasteiger partial charge in [0.1, 0.15) is 11.3 Å². The van der Waals surface area contributed by atoms with Crippen molar-refractivity contribution in [3.05, 3.63) is 63.7 Å². The number of hydrogen-bond acceptors (Lipinski definition) is 6. The topological polar surface area (TPSA) is 131 Å². The highest BCUT2D eigenvalue weighted by Gasteiger charge is 2.20. The van der Waals surface area contributed by atoms with Crippen LogP contribution in [0.15, 0.2) is 42.5 Å². The minimum absolute atomic E-state index is 0.0128. The molecule has 3 N–H and O–H groups in total. The molecule has 0 aliphatic heterocycles. The van der Waals surface area contributed by atoms with Gasteiger partial charge in [-0.2, -0.15) is 0 Å². The minimum Gasteiger partial charge on any atom is -0.495 e. The van der Waals surface area contributed by atoms with E-state index >= 15 is 0 Å². The van der Waals surface area contributed by atoms with Gasteiger partial charge in [-0.05, 0) is 36.5 Å². The number of benzene rings is 2. The number of nitro groups is 1. The lowest BCUT2D eigenvalue weighted by Crippen LogP contribution is -2.34. The van der Waals surface area contributed by atoms with Crippen LogP contribution in [-0.4, -0.2) is 34.1 Å². The van der Waals surface area contributed by atoms with Crippen molar-refractivity contribution in [3.63, 3.8) is 0 Å². The van der Waals surface area contributed by atoms with Crippen LogP contribution in [0.1, 0.15) is 20.7 Å². The molecular formula is C16H13N3O6S. The van der Waals surface area contributed by atoms with Crippen LogP contribution in [0.5, 0.6) is 5.75 Å². The van der Waals surface area contributed by atoms with Gasteiger partial charge in [-0.3, -0.25) is 20.2 Å². The van der Waals surface area contributed by atoms with E-state index in [4.69, 9.17) is 22.1 Å². The second-order valence-corrected chi connectivity index (χ2v) is 5.31. The van der Waals surface area contributed by atoms with E-state index in [0.717, 1.165) is 0 Å². The van der Waals surface area contributed by atoms with Crippen molar-refractivity contribution < 1.29 is 24.4 Å². The molecule has 10 heteroatoms. The normalized spacial score (nSPS) is 9.88. The Kier molecular flexibility index (Phi) is 5.81. The Bertz CT molecular complexity index is 899. The van der Waals surface area contributed by atoms with Crippen molar-refractivity contribution in [1.29, 1.82) is 0 Å². The SMILES string of the molecule is COc1ccc(C(=O)O)cc1NC(=S)NC(=O)c1ccccc1[N+](=O)[O-]. The number of methoxy groups -OCH3 is 1. The summed E-state index contributed by atoms with van der Waals surface area (Å²) in [5.41, 5.74) is -0.312. The summed E-state index contributed by atoms with van der Waals surface area (Å²) in [5.74, 6) is -1.62. The second kappa shape index (κ2) is 8.03. The molecule has 0 radical (unpaired) electrons. The standard InChI is InChI=1S/C16H13N3O6S/c1-25-13-7-6-9(15(21)22)8-11(13)17-16(26)18-14(20)10-4-2-3-5-12(10)19(23)24/h2-8H,1H3,(H,21,22)(H2,17,18,20,26). The van der Waals surface area contributed by atoms with Gasteiger partial charge in [-0.25, -0.2) is 4.79 Å². The number of carboxylic acids is 1. The molecule has 1 amide bonds. The number of nitro benzene ring substituents is 1. The summed E-state index contributed by atoms with van der Waals surface area (Å²) in [6.45, 7) is 0. The molecule has 2 aromatic rings. The number of para-hydroxylation sites is 1. The monoisotopic (exact) mass is 375 g/mol. The molecule has 0 heterocycles. The molecule has 0 aromatic heterocycles. The molecule has 0 spiro atoms. The van der Waals surface area contributed by atoms with Crippen molar-refractivity contribution in [2.75, 3.05) is 12.4 Å². The number of anilines is 1. The zero-order valence-electron chi connectivity index (χ0n) is 13.4. The zero-order chi connectivity index (χ0) is 19.3. The van der Waals surface area contributed by atoms with E-state index in [-0.39, 0.29) is 27.6 Å². The molecule has 0 saturated carbocycles. The van der Waals surface area contributed by atoms with Crippen molar-refractivity contribution in [3.8, 4) is 5.75 Å². The Morgan fingerprint density at radius 3 is 2.54 bits per heavy atom. The van der Waals surface area contributed by atoms with Gasteiger partial charge in [0.2, 0.25) is 0 Å². The fourth-order valence-corrected chi connectivity index (χ4v) is 2.29. The molecular weight excluding hydrogens is 362 g/mol. The van der Waals surface area contributed by atoms with Gasteiger partial charge in [0.25, 0.3) is 11.6 Å². The average Bonchev–Trinajstić information content (AvgIpc) is 2.61. The fourth-order valence-electron chi connectivity index (χ4n) is 2.09. The van der Waals surface area contributed by atoms with Crippen molar-refractivity contribution >= 4 is 40.6 Å². The largest absolute Gasteiger partial charge is 0.495 e. The number of thiocarbonyl (C=S) groups is 1. The predicted octanol–water partition coefficient (Wildman–Crippen LogP) is 2.43. The van der Waals surface area contributed by atoms with E-state index in [1.165, 1.54) is 49.6 Å². The second-order valence-electron chi connectivity index (χ2n) is 4.90. The summed E-state index contributed by atoms with van der Waals surface area (Å²) in [6.07, 6.45) is 0. The maximum Gasteiger partial charge on any atom is 0.335 e. The molecule has 0 fully saturated rings. The third-order valence-corrected chi connectivity index (χ3v) is 3.47. The number of carbonyl (C=O) groups excluding carboxylic acids is 1. The summed E-state index contributed by atoms with van der Waals surface area (Å²) < 4.78 is 5.10. The number of carbonyl (C=O) groups is 2. The van der Waals surface area contributed by atoms with Gasteiger partial charge in [0.15, 0.2) is 5.11 Å². The molecule has 0 bridgehead atoms. The molecule has 2 aromatic carbocycles. The fraction of sp³-hybridized carbons (Fsp3) is 0.0625. The molecule has 26 heavy (non-hydrogen) atoms.